The molecule has 3 aliphatic rings. The number of aryl methyl sites for hydroxylation is 2. The van der Waals surface area contributed by atoms with Gasteiger partial charge in [-0.05, 0) is 42.9 Å². The number of aromatic nitrogens is 1. The summed E-state index contributed by atoms with van der Waals surface area (Å²) in [6, 6.07) is 11.4. The van der Waals surface area contributed by atoms with Crippen LogP contribution in [0.2, 0.25) is 0 Å². The van der Waals surface area contributed by atoms with Gasteiger partial charge in [0.05, 0.1) is 20.8 Å². The van der Waals surface area contributed by atoms with Crippen LogP contribution in [0, 0.1) is 0 Å². The molecule has 4 rings (SSSR count). The zero-order valence-electron chi connectivity index (χ0n) is 15.3. The summed E-state index contributed by atoms with van der Waals surface area (Å²) < 4.78 is 3.90. The molecule has 1 fully saturated rings. The van der Waals surface area contributed by atoms with Gasteiger partial charge >= 0.3 is 0 Å². The fourth-order valence-electron chi connectivity index (χ4n) is 3.93. The Bertz CT molecular complexity index is 928. The van der Waals surface area contributed by atoms with Crippen molar-refractivity contribution >= 4 is 21.6 Å². The lowest BCUT2D eigenvalue weighted by molar-refractivity contribution is 0.584. The molecule has 25 heavy (non-hydrogen) atoms. The summed E-state index contributed by atoms with van der Waals surface area (Å²) in [4.78, 5) is 6.45. The molecule has 1 saturated heterocycles. The molecule has 0 amide bonds. The molecule has 0 N–H and O–H groups in total. The van der Waals surface area contributed by atoms with Gasteiger partial charge < -0.3 is 0 Å². The molecule has 0 saturated carbocycles. The van der Waals surface area contributed by atoms with Crippen LogP contribution in [0.3, 0.4) is 0 Å². The van der Waals surface area contributed by atoms with Crippen LogP contribution in [0.1, 0.15) is 50.7 Å². The van der Waals surface area contributed by atoms with E-state index in [4.69, 9.17) is 4.98 Å². The summed E-state index contributed by atoms with van der Waals surface area (Å²) in [5, 5.41) is 1.40. The van der Waals surface area contributed by atoms with Crippen molar-refractivity contribution in [1.82, 2.24) is 9.56 Å². The molecule has 2 nitrogen and oxygen atoms in total. The van der Waals surface area contributed by atoms with Crippen LogP contribution in [-0.4, -0.2) is 18.1 Å². The van der Waals surface area contributed by atoms with E-state index in [0.717, 1.165) is 12.8 Å². The molecule has 3 heteroatoms. The predicted octanol–water partition coefficient (Wildman–Crippen LogP) is 4.87. The van der Waals surface area contributed by atoms with Crippen molar-refractivity contribution in [2.75, 3.05) is 13.1 Å². The Hall–Kier alpha value is -1.74. The zero-order valence-corrected chi connectivity index (χ0v) is 16.2. The average molecular weight is 352 g/mol. The number of para-hydroxylation sites is 1. The minimum absolute atomic E-state index is 1.04. The van der Waals surface area contributed by atoms with Crippen LogP contribution in [0.5, 0.6) is 0 Å². The van der Waals surface area contributed by atoms with E-state index < -0.39 is 0 Å². The minimum atomic E-state index is 1.04. The molecule has 0 unspecified atom stereocenters. The molecule has 2 aliphatic heterocycles. The van der Waals surface area contributed by atoms with Gasteiger partial charge in [-0.25, -0.2) is 9.56 Å². The fourth-order valence-corrected chi connectivity index (χ4v) is 5.04. The zero-order chi connectivity index (χ0) is 17.2. The normalized spacial score (nSPS) is 15.7. The van der Waals surface area contributed by atoms with E-state index in [0.29, 0.717) is 0 Å². The van der Waals surface area contributed by atoms with Gasteiger partial charge in [0.2, 0.25) is 5.36 Å². The highest BCUT2D eigenvalue weighted by Gasteiger charge is 2.17. The van der Waals surface area contributed by atoms with Gasteiger partial charge in [0, 0.05) is 25.0 Å². The lowest BCUT2D eigenvalue weighted by atomic mass is 10.1. The van der Waals surface area contributed by atoms with E-state index in [1.807, 2.05) is 11.3 Å². The monoisotopic (exact) mass is 351 g/mol. The van der Waals surface area contributed by atoms with Crippen LogP contribution < -0.4 is 9.93 Å². The molecule has 1 aliphatic carbocycles. The quantitative estimate of drug-likeness (QED) is 0.475. The second-order valence-corrected chi connectivity index (χ2v) is 8.12. The molecule has 1 aromatic carbocycles. The van der Waals surface area contributed by atoms with Gasteiger partial charge in [0.25, 0.3) is 0 Å². The minimum Gasteiger partial charge on any atom is -0.245 e. The molecular formula is C22H27N2S+. The first-order valence-corrected chi connectivity index (χ1v) is 10.5. The molecule has 0 bridgehead atoms. The lowest BCUT2D eigenvalue weighted by Gasteiger charge is -2.12. The Kier molecular flexibility index (Phi) is 4.85. The number of benzene rings is 2. The molecule has 130 valence electrons. The fraction of sp³-hybridized carbons (Fsp3) is 0.455. The Morgan fingerprint density at radius 2 is 1.72 bits per heavy atom. The van der Waals surface area contributed by atoms with Gasteiger partial charge in [-0.1, -0.05) is 26.0 Å². The second kappa shape index (κ2) is 7.25. The maximum absolute atomic E-state index is 5.12. The Morgan fingerprint density at radius 1 is 0.960 bits per heavy atom. The van der Waals surface area contributed by atoms with E-state index in [1.54, 1.807) is 0 Å². The molecule has 2 heterocycles. The van der Waals surface area contributed by atoms with Gasteiger partial charge in [-0.2, -0.15) is 0 Å². The van der Waals surface area contributed by atoms with E-state index in [1.165, 1.54) is 76.0 Å². The maximum Gasteiger partial charge on any atom is 0.201 e. The summed E-state index contributed by atoms with van der Waals surface area (Å²) >= 11 is 1.90. The first kappa shape index (κ1) is 16.7. The third kappa shape index (κ3) is 3.22. The van der Waals surface area contributed by atoms with E-state index in [9.17, 15) is 0 Å². The average Bonchev–Trinajstić information content (AvgIpc) is 2.94. The summed E-state index contributed by atoms with van der Waals surface area (Å²) in [5.41, 5.74) is 5.15. The van der Waals surface area contributed by atoms with Crippen LogP contribution in [0.25, 0.3) is 20.8 Å². The Balaban J connectivity index is 1.99. The third-order valence-corrected chi connectivity index (χ3v) is 6.48. The van der Waals surface area contributed by atoms with Gasteiger partial charge in [-0.15, -0.1) is 11.3 Å². The van der Waals surface area contributed by atoms with Crippen molar-refractivity contribution in [3.8, 4) is 10.6 Å². The third-order valence-electron chi connectivity index (χ3n) is 5.40. The van der Waals surface area contributed by atoms with Gasteiger partial charge in [-0.3, -0.25) is 0 Å². The summed E-state index contributed by atoms with van der Waals surface area (Å²) in [5.74, 6) is 0. The van der Waals surface area contributed by atoms with E-state index in [-0.39, 0.29) is 0 Å². The van der Waals surface area contributed by atoms with Crippen LogP contribution >= 0.6 is 11.3 Å². The number of rotatable bonds is 2. The van der Waals surface area contributed by atoms with Crippen LogP contribution in [0.4, 0.5) is 0 Å². The van der Waals surface area contributed by atoms with E-state index in [2.05, 4.69) is 48.8 Å². The topological polar surface area (TPSA) is 15.9 Å². The Labute approximate surface area is 154 Å². The lowest BCUT2D eigenvalue weighted by Crippen LogP contribution is -2.31. The predicted molar refractivity (Wildman–Crippen MR) is 108 cm³/mol. The maximum atomic E-state index is 5.12. The number of hydrogen-bond acceptors (Lipinski definition) is 2. The number of nitrogens with zero attached hydrogens (tertiary/aromatic N) is 2. The summed E-state index contributed by atoms with van der Waals surface area (Å²) in [6.45, 7) is 6.86. The smallest absolute Gasteiger partial charge is 0.201 e. The SMILES string of the molecule is CCc1cc(=[N+]2CCCCCC2)cc2sc3cccc(CC)c3nc1-2. The van der Waals surface area contributed by atoms with E-state index >= 15 is 0 Å². The highest BCUT2D eigenvalue weighted by atomic mass is 32.1. The molecule has 0 aromatic heterocycles. The molecule has 0 atom stereocenters. The number of hydrogen-bond donors (Lipinski definition) is 0. The van der Waals surface area contributed by atoms with Crippen molar-refractivity contribution in [2.24, 2.45) is 0 Å². The van der Waals surface area contributed by atoms with Crippen molar-refractivity contribution in [1.29, 1.82) is 0 Å². The second-order valence-electron chi connectivity index (χ2n) is 7.04. The van der Waals surface area contributed by atoms with Crippen molar-refractivity contribution in [2.45, 2.75) is 52.4 Å². The first-order valence-electron chi connectivity index (χ1n) is 9.73. The first-order chi connectivity index (χ1) is 12.3. The van der Waals surface area contributed by atoms with Crippen molar-refractivity contribution in [3.05, 3.63) is 46.8 Å². The standard InChI is InChI=1S/C22H27N2S/c1-3-16-10-9-11-19-21(16)23-22-17(4-2)14-18(15-20(22)25-19)24-12-7-5-6-8-13-24/h9-11,14-15H,3-8,12-13H2,1-2H3/q+1. The van der Waals surface area contributed by atoms with Crippen LogP contribution in [-0.2, 0) is 12.8 Å². The Morgan fingerprint density at radius 3 is 2.44 bits per heavy atom. The van der Waals surface area contributed by atoms with Crippen LogP contribution in [0.15, 0.2) is 30.3 Å². The molecular weight excluding hydrogens is 324 g/mol. The molecule has 0 radical (unpaired) electrons. The molecule has 1 aromatic rings. The van der Waals surface area contributed by atoms with Crippen molar-refractivity contribution in [3.63, 3.8) is 0 Å². The highest BCUT2D eigenvalue weighted by molar-refractivity contribution is 7.21. The van der Waals surface area contributed by atoms with Crippen molar-refractivity contribution < 1.29 is 0 Å². The number of fused-ring (bicyclic) bond motifs is 2. The summed E-state index contributed by atoms with van der Waals surface area (Å²) in [7, 11) is 0. The van der Waals surface area contributed by atoms with Gasteiger partial charge in [0.15, 0.2) is 0 Å². The highest BCUT2D eigenvalue weighted by Crippen LogP contribution is 2.33. The molecule has 0 spiro atoms. The summed E-state index contributed by atoms with van der Waals surface area (Å²) in [6.07, 6.45) is 7.46. The van der Waals surface area contributed by atoms with Gasteiger partial charge in [0.1, 0.15) is 13.1 Å². The largest absolute Gasteiger partial charge is 0.245 e.